The molecule has 3 heterocycles. The van der Waals surface area contributed by atoms with Gasteiger partial charge in [-0.05, 0) is 32.1 Å². The summed E-state index contributed by atoms with van der Waals surface area (Å²) < 4.78 is 17.2. The number of allylic oxidation sites excluding steroid dienone is 1. The quantitative estimate of drug-likeness (QED) is 0.186. The highest BCUT2D eigenvalue weighted by molar-refractivity contribution is 5.66. The molecular weight excluding hydrogens is 368 g/mol. The van der Waals surface area contributed by atoms with Crippen LogP contribution in [0.3, 0.4) is 0 Å². The first-order chi connectivity index (χ1) is 14.2. The van der Waals surface area contributed by atoms with Crippen molar-refractivity contribution in [3.8, 4) is 0 Å². The van der Waals surface area contributed by atoms with E-state index in [-0.39, 0.29) is 18.6 Å². The fourth-order valence-corrected chi connectivity index (χ4v) is 4.31. The molecular formula is C24H40O5. The van der Waals surface area contributed by atoms with Crippen molar-refractivity contribution in [2.24, 2.45) is 0 Å². The Morgan fingerprint density at radius 2 is 1.34 bits per heavy atom. The standard InChI is InChI=1S/C24H40O5/c1-2-3-4-5-6-7-8-9-10-11-13-18-20(27-18)16-22-23(29-22)17-21-19(28-21)14-12-15-24(25)26/h10-11,18-23H,2-9,12-17H2,1H3,(H,25,26)/b11-10+. The first kappa shape index (κ1) is 22.8. The van der Waals surface area contributed by atoms with Gasteiger partial charge in [0.05, 0.1) is 36.6 Å². The van der Waals surface area contributed by atoms with Crippen molar-refractivity contribution in [3.05, 3.63) is 12.2 Å². The first-order valence-electron chi connectivity index (χ1n) is 12.0. The lowest BCUT2D eigenvalue weighted by Gasteiger charge is -1.98. The van der Waals surface area contributed by atoms with E-state index >= 15 is 0 Å². The molecule has 0 aliphatic carbocycles. The van der Waals surface area contributed by atoms with Crippen molar-refractivity contribution in [2.75, 3.05) is 0 Å². The van der Waals surface area contributed by atoms with Gasteiger partial charge in [-0.1, -0.05) is 57.6 Å². The minimum Gasteiger partial charge on any atom is -0.481 e. The molecule has 0 bridgehead atoms. The van der Waals surface area contributed by atoms with Gasteiger partial charge in [0.25, 0.3) is 0 Å². The van der Waals surface area contributed by atoms with Crippen molar-refractivity contribution in [1.82, 2.24) is 0 Å². The smallest absolute Gasteiger partial charge is 0.303 e. The number of hydrogen-bond donors (Lipinski definition) is 1. The average Bonchev–Trinajstić information content (AvgIpc) is 3.60. The van der Waals surface area contributed by atoms with Gasteiger partial charge in [0, 0.05) is 19.3 Å². The van der Waals surface area contributed by atoms with Gasteiger partial charge < -0.3 is 19.3 Å². The van der Waals surface area contributed by atoms with Crippen LogP contribution in [0.2, 0.25) is 0 Å². The van der Waals surface area contributed by atoms with E-state index in [0.29, 0.717) is 30.8 Å². The zero-order chi connectivity index (χ0) is 20.5. The Labute approximate surface area is 176 Å². The zero-order valence-corrected chi connectivity index (χ0v) is 18.1. The lowest BCUT2D eigenvalue weighted by atomic mass is 10.0. The summed E-state index contributed by atoms with van der Waals surface area (Å²) in [4.78, 5) is 10.5. The Bertz CT molecular complexity index is 519. The lowest BCUT2D eigenvalue weighted by Crippen LogP contribution is -2.05. The van der Waals surface area contributed by atoms with Crippen molar-refractivity contribution in [2.45, 2.75) is 133 Å². The monoisotopic (exact) mass is 408 g/mol. The number of unbranched alkanes of at least 4 members (excludes halogenated alkanes) is 7. The van der Waals surface area contributed by atoms with Crippen LogP contribution in [0, 0.1) is 0 Å². The second-order valence-corrected chi connectivity index (χ2v) is 9.01. The molecule has 0 aromatic carbocycles. The van der Waals surface area contributed by atoms with Crippen LogP contribution in [-0.2, 0) is 19.0 Å². The molecule has 29 heavy (non-hydrogen) atoms. The van der Waals surface area contributed by atoms with Gasteiger partial charge in [0.2, 0.25) is 0 Å². The number of rotatable bonds is 18. The van der Waals surface area contributed by atoms with Crippen molar-refractivity contribution in [3.63, 3.8) is 0 Å². The van der Waals surface area contributed by atoms with Gasteiger partial charge in [-0.15, -0.1) is 0 Å². The lowest BCUT2D eigenvalue weighted by molar-refractivity contribution is -0.137. The third-order valence-electron chi connectivity index (χ3n) is 6.38. The van der Waals surface area contributed by atoms with Crippen LogP contribution in [0.4, 0.5) is 0 Å². The number of hydrogen-bond acceptors (Lipinski definition) is 4. The van der Waals surface area contributed by atoms with Crippen LogP contribution >= 0.6 is 0 Å². The van der Waals surface area contributed by atoms with Gasteiger partial charge in [-0.25, -0.2) is 0 Å². The van der Waals surface area contributed by atoms with Gasteiger partial charge in [0.15, 0.2) is 0 Å². The average molecular weight is 409 g/mol. The molecule has 0 saturated carbocycles. The van der Waals surface area contributed by atoms with Crippen LogP contribution < -0.4 is 0 Å². The summed E-state index contributed by atoms with van der Waals surface area (Å²) in [7, 11) is 0. The second-order valence-electron chi connectivity index (χ2n) is 9.01. The minimum atomic E-state index is -0.723. The molecule has 5 nitrogen and oxygen atoms in total. The molecule has 5 heteroatoms. The summed E-state index contributed by atoms with van der Waals surface area (Å²) in [6, 6.07) is 0. The number of carboxylic acid groups (broad SMARTS) is 1. The Morgan fingerprint density at radius 3 is 2.07 bits per heavy atom. The van der Waals surface area contributed by atoms with Crippen LogP contribution in [0.15, 0.2) is 12.2 Å². The molecule has 3 aliphatic rings. The molecule has 0 spiro atoms. The fraction of sp³-hybridized carbons (Fsp3) is 0.875. The van der Waals surface area contributed by atoms with Crippen molar-refractivity contribution >= 4 is 5.97 Å². The third-order valence-corrected chi connectivity index (χ3v) is 6.38. The molecule has 0 amide bonds. The number of ether oxygens (including phenoxy) is 3. The maximum atomic E-state index is 10.5. The maximum Gasteiger partial charge on any atom is 0.303 e. The van der Waals surface area contributed by atoms with E-state index in [2.05, 4.69) is 19.1 Å². The van der Waals surface area contributed by atoms with E-state index < -0.39 is 5.97 Å². The Balaban J connectivity index is 1.11. The Morgan fingerprint density at radius 1 is 0.759 bits per heavy atom. The van der Waals surface area contributed by atoms with E-state index in [9.17, 15) is 4.79 Å². The van der Waals surface area contributed by atoms with E-state index in [1.165, 1.54) is 51.4 Å². The highest BCUT2D eigenvalue weighted by atomic mass is 16.6. The molecule has 166 valence electrons. The third kappa shape index (κ3) is 9.18. The molecule has 0 radical (unpaired) electrons. The van der Waals surface area contributed by atoms with Gasteiger partial charge >= 0.3 is 5.97 Å². The molecule has 0 aromatic heterocycles. The van der Waals surface area contributed by atoms with E-state index in [1.807, 2.05) is 0 Å². The van der Waals surface area contributed by atoms with Crippen molar-refractivity contribution < 1.29 is 24.1 Å². The summed E-state index contributed by atoms with van der Waals surface area (Å²) in [6.45, 7) is 2.27. The van der Waals surface area contributed by atoms with Gasteiger partial charge in [0.1, 0.15) is 0 Å². The number of aliphatic carboxylic acids is 1. The Hall–Kier alpha value is -0.910. The minimum absolute atomic E-state index is 0.239. The summed E-state index contributed by atoms with van der Waals surface area (Å²) >= 11 is 0. The largest absolute Gasteiger partial charge is 0.481 e. The van der Waals surface area contributed by atoms with E-state index in [0.717, 1.165) is 25.7 Å². The fourth-order valence-electron chi connectivity index (χ4n) is 4.31. The molecule has 3 rings (SSSR count). The predicted octanol–water partition coefficient (Wildman–Crippen LogP) is 5.41. The first-order valence-corrected chi connectivity index (χ1v) is 12.0. The number of epoxide rings is 3. The zero-order valence-electron chi connectivity index (χ0n) is 18.1. The maximum absolute atomic E-state index is 10.5. The van der Waals surface area contributed by atoms with E-state index in [1.54, 1.807) is 0 Å². The molecule has 6 unspecified atom stereocenters. The molecule has 1 N–H and O–H groups in total. The van der Waals surface area contributed by atoms with Gasteiger partial charge in [-0.2, -0.15) is 0 Å². The van der Waals surface area contributed by atoms with E-state index in [4.69, 9.17) is 19.3 Å². The topological polar surface area (TPSA) is 74.9 Å². The predicted molar refractivity (Wildman–Crippen MR) is 113 cm³/mol. The van der Waals surface area contributed by atoms with Gasteiger partial charge in [-0.3, -0.25) is 4.79 Å². The molecule has 0 aromatic rings. The highest BCUT2D eigenvalue weighted by Crippen LogP contribution is 2.42. The molecule has 3 saturated heterocycles. The summed E-state index contributed by atoms with van der Waals surface area (Å²) in [5.74, 6) is -0.723. The number of carbonyl (C=O) groups is 1. The van der Waals surface area contributed by atoms with Crippen LogP contribution in [0.5, 0.6) is 0 Å². The summed E-state index contributed by atoms with van der Waals surface area (Å²) in [5, 5.41) is 8.67. The number of carboxylic acids is 1. The molecule has 3 aliphatic heterocycles. The Kier molecular flexibility index (Phi) is 9.47. The van der Waals surface area contributed by atoms with Crippen LogP contribution in [-0.4, -0.2) is 47.7 Å². The molecule has 3 fully saturated rings. The highest BCUT2D eigenvalue weighted by Gasteiger charge is 2.51. The second kappa shape index (κ2) is 12.1. The molecule has 6 atom stereocenters. The van der Waals surface area contributed by atoms with Crippen molar-refractivity contribution in [1.29, 1.82) is 0 Å². The van der Waals surface area contributed by atoms with Crippen LogP contribution in [0.25, 0.3) is 0 Å². The summed E-state index contributed by atoms with van der Waals surface area (Å²) in [6.07, 6.45) is 22.2. The summed E-state index contributed by atoms with van der Waals surface area (Å²) in [5.41, 5.74) is 0. The van der Waals surface area contributed by atoms with Crippen LogP contribution in [0.1, 0.15) is 96.8 Å². The normalized spacial score (nSPS) is 32.6. The SMILES string of the molecule is CCCCCCCCC/C=C/CC1OC1CC1OC1CC1OC1CCCC(=O)O.